The molecule has 0 aromatic rings. The highest BCUT2D eigenvalue weighted by Gasteiger charge is 2.31. The van der Waals surface area contributed by atoms with Gasteiger partial charge in [0, 0.05) is 6.42 Å². The largest absolute Gasteiger partial charge is 0.480 e. The lowest BCUT2D eigenvalue weighted by Crippen LogP contribution is -2.46. The normalized spacial score (nSPS) is 23.2. The van der Waals surface area contributed by atoms with Gasteiger partial charge in [0.15, 0.2) is 0 Å². The van der Waals surface area contributed by atoms with Crippen molar-refractivity contribution in [1.29, 1.82) is 0 Å². The van der Waals surface area contributed by atoms with E-state index >= 15 is 0 Å². The summed E-state index contributed by atoms with van der Waals surface area (Å²) in [7, 11) is 0. The zero-order chi connectivity index (χ0) is 13.7. The van der Waals surface area contributed by atoms with Crippen molar-refractivity contribution >= 4 is 11.9 Å². The molecule has 2 N–H and O–H groups in total. The molecule has 0 radical (unpaired) electrons. The van der Waals surface area contributed by atoms with Gasteiger partial charge in [0.1, 0.15) is 6.04 Å². The Hall–Kier alpha value is -1.06. The van der Waals surface area contributed by atoms with E-state index in [9.17, 15) is 14.7 Å². The topological polar surface area (TPSA) is 66.4 Å². The summed E-state index contributed by atoms with van der Waals surface area (Å²) in [6.07, 6.45) is 10.4. The monoisotopic (exact) mass is 267 g/mol. The molecule has 0 bridgehead atoms. The molecule has 2 rings (SSSR count). The van der Waals surface area contributed by atoms with Gasteiger partial charge in [-0.15, -0.1) is 0 Å². The average Bonchev–Trinajstić information content (AvgIpc) is 2.89. The van der Waals surface area contributed by atoms with Crippen molar-refractivity contribution < 1.29 is 14.7 Å². The quantitative estimate of drug-likeness (QED) is 0.805. The molecule has 4 nitrogen and oxygen atoms in total. The van der Waals surface area contributed by atoms with Gasteiger partial charge in [-0.2, -0.15) is 0 Å². The Morgan fingerprint density at radius 2 is 1.58 bits per heavy atom. The minimum absolute atomic E-state index is 0.0649. The summed E-state index contributed by atoms with van der Waals surface area (Å²) in [6.45, 7) is 0. The Morgan fingerprint density at radius 3 is 2.16 bits per heavy atom. The van der Waals surface area contributed by atoms with E-state index in [4.69, 9.17) is 0 Å². The summed E-state index contributed by atoms with van der Waals surface area (Å²) >= 11 is 0. The summed E-state index contributed by atoms with van der Waals surface area (Å²) < 4.78 is 0. The number of carboxylic acids is 1. The van der Waals surface area contributed by atoms with Crippen molar-refractivity contribution in [1.82, 2.24) is 5.32 Å². The minimum Gasteiger partial charge on any atom is -0.480 e. The van der Waals surface area contributed by atoms with E-state index in [-0.39, 0.29) is 11.8 Å². The zero-order valence-electron chi connectivity index (χ0n) is 11.6. The second-order valence-corrected chi connectivity index (χ2v) is 6.14. The van der Waals surface area contributed by atoms with Crippen molar-refractivity contribution in [2.75, 3.05) is 0 Å². The molecule has 0 spiro atoms. The van der Waals surface area contributed by atoms with E-state index in [2.05, 4.69) is 5.32 Å². The molecule has 4 heteroatoms. The van der Waals surface area contributed by atoms with Crippen LogP contribution >= 0.6 is 0 Å². The maximum absolute atomic E-state index is 12.0. The van der Waals surface area contributed by atoms with E-state index in [1.165, 1.54) is 19.3 Å². The van der Waals surface area contributed by atoms with Gasteiger partial charge in [0.05, 0.1) is 0 Å². The highest BCUT2D eigenvalue weighted by atomic mass is 16.4. The molecule has 19 heavy (non-hydrogen) atoms. The Labute approximate surface area is 115 Å². The predicted molar refractivity (Wildman–Crippen MR) is 72.7 cm³/mol. The maximum atomic E-state index is 12.0. The lowest BCUT2D eigenvalue weighted by Gasteiger charge is -2.28. The number of rotatable bonds is 5. The van der Waals surface area contributed by atoms with Crippen LogP contribution in [0.3, 0.4) is 0 Å². The van der Waals surface area contributed by atoms with Crippen LogP contribution in [0, 0.1) is 11.8 Å². The smallest absolute Gasteiger partial charge is 0.326 e. The molecular formula is C15H25NO3. The van der Waals surface area contributed by atoms with Gasteiger partial charge < -0.3 is 10.4 Å². The molecule has 1 unspecified atom stereocenters. The van der Waals surface area contributed by atoms with E-state index in [1.807, 2.05) is 0 Å². The third-order valence-electron chi connectivity index (χ3n) is 4.65. The molecule has 0 aromatic heterocycles. The van der Waals surface area contributed by atoms with E-state index in [0.29, 0.717) is 12.3 Å². The molecule has 1 amide bonds. The first-order valence-electron chi connectivity index (χ1n) is 7.69. The highest BCUT2D eigenvalue weighted by Crippen LogP contribution is 2.29. The van der Waals surface area contributed by atoms with Crippen molar-refractivity contribution in [3.63, 3.8) is 0 Å². The van der Waals surface area contributed by atoms with Gasteiger partial charge >= 0.3 is 5.97 Å². The molecular weight excluding hydrogens is 242 g/mol. The summed E-state index contributed by atoms with van der Waals surface area (Å²) in [6, 6.07) is -0.672. The Kier molecular flexibility index (Phi) is 5.23. The fourth-order valence-corrected chi connectivity index (χ4v) is 3.56. The predicted octanol–water partition coefficient (Wildman–Crippen LogP) is 2.72. The summed E-state index contributed by atoms with van der Waals surface area (Å²) in [4.78, 5) is 23.3. The number of carboxylic acid groups (broad SMARTS) is 1. The standard InChI is InChI=1S/C15H25NO3/c17-13(10-11-6-4-5-7-11)16-14(15(18)19)12-8-2-1-3-9-12/h11-12,14H,1-10H2,(H,16,17)(H,18,19). The Balaban J connectivity index is 1.84. The molecule has 0 aromatic carbocycles. The van der Waals surface area contributed by atoms with Gasteiger partial charge in [-0.1, -0.05) is 32.1 Å². The van der Waals surface area contributed by atoms with Crippen molar-refractivity contribution in [3.8, 4) is 0 Å². The number of carbonyl (C=O) groups is 2. The summed E-state index contributed by atoms with van der Waals surface area (Å²) in [5, 5.41) is 12.1. The van der Waals surface area contributed by atoms with Gasteiger partial charge in [-0.3, -0.25) is 4.79 Å². The molecule has 2 fully saturated rings. The number of carbonyl (C=O) groups excluding carboxylic acids is 1. The van der Waals surface area contributed by atoms with Gasteiger partial charge in [0.25, 0.3) is 0 Å². The number of aliphatic carboxylic acids is 1. The fraction of sp³-hybridized carbons (Fsp3) is 0.867. The van der Waals surface area contributed by atoms with Crippen LogP contribution in [-0.2, 0) is 9.59 Å². The van der Waals surface area contributed by atoms with Crippen LogP contribution in [0.1, 0.15) is 64.2 Å². The van der Waals surface area contributed by atoms with E-state index in [0.717, 1.165) is 38.5 Å². The van der Waals surface area contributed by atoms with Crippen LogP contribution in [0.4, 0.5) is 0 Å². The molecule has 0 heterocycles. The van der Waals surface area contributed by atoms with Crippen LogP contribution in [0.15, 0.2) is 0 Å². The number of amides is 1. The molecule has 108 valence electrons. The Morgan fingerprint density at radius 1 is 1.00 bits per heavy atom. The second kappa shape index (κ2) is 6.92. The van der Waals surface area contributed by atoms with Crippen LogP contribution in [0.25, 0.3) is 0 Å². The summed E-state index contributed by atoms with van der Waals surface area (Å²) in [5.74, 6) is -0.337. The average molecular weight is 267 g/mol. The zero-order valence-corrected chi connectivity index (χ0v) is 11.6. The van der Waals surface area contributed by atoms with Crippen LogP contribution in [0.2, 0.25) is 0 Å². The fourth-order valence-electron chi connectivity index (χ4n) is 3.56. The third-order valence-corrected chi connectivity index (χ3v) is 4.65. The van der Waals surface area contributed by atoms with Gasteiger partial charge in [-0.05, 0) is 37.5 Å². The van der Waals surface area contributed by atoms with Gasteiger partial charge in [0.2, 0.25) is 5.91 Å². The number of nitrogens with one attached hydrogen (secondary N) is 1. The number of hydrogen-bond donors (Lipinski definition) is 2. The Bertz CT molecular complexity index is 317. The minimum atomic E-state index is -0.869. The first-order valence-corrected chi connectivity index (χ1v) is 7.69. The molecule has 0 saturated heterocycles. The third kappa shape index (κ3) is 4.22. The van der Waals surface area contributed by atoms with Crippen LogP contribution < -0.4 is 5.32 Å². The first-order chi connectivity index (χ1) is 9.16. The van der Waals surface area contributed by atoms with Crippen LogP contribution in [0.5, 0.6) is 0 Å². The SMILES string of the molecule is O=C(CC1CCCC1)NC(C(=O)O)C1CCCCC1. The van der Waals surface area contributed by atoms with Crippen molar-refractivity contribution in [2.45, 2.75) is 70.3 Å². The van der Waals surface area contributed by atoms with E-state index < -0.39 is 12.0 Å². The molecule has 2 aliphatic carbocycles. The first kappa shape index (κ1) is 14.4. The van der Waals surface area contributed by atoms with E-state index in [1.54, 1.807) is 0 Å². The number of hydrogen-bond acceptors (Lipinski definition) is 2. The highest BCUT2D eigenvalue weighted by molar-refractivity contribution is 5.83. The molecule has 1 atom stereocenters. The van der Waals surface area contributed by atoms with Crippen molar-refractivity contribution in [2.24, 2.45) is 11.8 Å². The lowest BCUT2D eigenvalue weighted by molar-refractivity contribution is -0.144. The summed E-state index contributed by atoms with van der Waals surface area (Å²) in [5.41, 5.74) is 0. The van der Waals surface area contributed by atoms with Crippen LogP contribution in [-0.4, -0.2) is 23.0 Å². The van der Waals surface area contributed by atoms with Gasteiger partial charge in [-0.25, -0.2) is 4.79 Å². The molecule has 0 aliphatic heterocycles. The maximum Gasteiger partial charge on any atom is 0.326 e. The molecule has 2 aliphatic rings. The second-order valence-electron chi connectivity index (χ2n) is 6.14. The van der Waals surface area contributed by atoms with Crippen molar-refractivity contribution in [3.05, 3.63) is 0 Å². The lowest BCUT2D eigenvalue weighted by atomic mass is 9.83. The molecule has 2 saturated carbocycles.